The standard InChI is InChI=1S/C18H19ClN4O3/c1-18(2)16(25)23(17(26)21-18)9-14(24)22-7-6-13-11(8-22)10-4-3-5-12(19)15(10)20-13/h3-5,20H,6-9H2,1-2H3,(H,21,26). The fraction of sp³-hybridized carbons (Fsp3) is 0.389. The minimum atomic E-state index is -0.972. The van der Waals surface area contributed by atoms with Crippen LogP contribution in [0.15, 0.2) is 18.2 Å². The Labute approximate surface area is 155 Å². The summed E-state index contributed by atoms with van der Waals surface area (Å²) in [5.74, 6) is -0.624. The van der Waals surface area contributed by atoms with Crippen LogP contribution in [0.3, 0.4) is 0 Å². The van der Waals surface area contributed by atoms with E-state index >= 15 is 0 Å². The maximum absolute atomic E-state index is 12.7. The van der Waals surface area contributed by atoms with Crippen LogP contribution in [0.2, 0.25) is 5.02 Å². The van der Waals surface area contributed by atoms with E-state index in [1.165, 1.54) is 0 Å². The van der Waals surface area contributed by atoms with E-state index in [9.17, 15) is 14.4 Å². The van der Waals surface area contributed by atoms with Crippen molar-refractivity contribution in [3.63, 3.8) is 0 Å². The molecule has 26 heavy (non-hydrogen) atoms. The zero-order valence-electron chi connectivity index (χ0n) is 14.6. The average Bonchev–Trinajstić information content (AvgIpc) is 3.05. The number of urea groups is 1. The molecule has 0 bridgehead atoms. The monoisotopic (exact) mass is 374 g/mol. The van der Waals surface area contributed by atoms with Crippen LogP contribution in [-0.4, -0.2) is 51.3 Å². The lowest BCUT2D eigenvalue weighted by Gasteiger charge is -2.28. The summed E-state index contributed by atoms with van der Waals surface area (Å²) in [5, 5.41) is 4.24. The van der Waals surface area contributed by atoms with Crippen molar-refractivity contribution in [2.24, 2.45) is 0 Å². The van der Waals surface area contributed by atoms with Gasteiger partial charge in [-0.3, -0.25) is 14.5 Å². The van der Waals surface area contributed by atoms with Crippen molar-refractivity contribution in [3.05, 3.63) is 34.5 Å². The summed E-state index contributed by atoms with van der Waals surface area (Å²) in [6.07, 6.45) is 0.678. The summed E-state index contributed by atoms with van der Waals surface area (Å²) in [7, 11) is 0. The highest BCUT2D eigenvalue weighted by Crippen LogP contribution is 2.31. The molecule has 2 aromatic rings. The Bertz CT molecular complexity index is 949. The predicted octanol–water partition coefficient (Wildman–Crippen LogP) is 2.04. The zero-order chi connectivity index (χ0) is 18.6. The number of amides is 4. The minimum Gasteiger partial charge on any atom is -0.357 e. The maximum Gasteiger partial charge on any atom is 0.325 e. The molecule has 1 aromatic carbocycles. The van der Waals surface area contributed by atoms with Gasteiger partial charge in [-0.05, 0) is 19.9 Å². The van der Waals surface area contributed by atoms with E-state index in [-0.39, 0.29) is 18.4 Å². The van der Waals surface area contributed by atoms with E-state index in [0.717, 1.165) is 27.1 Å². The first-order valence-corrected chi connectivity index (χ1v) is 8.85. The van der Waals surface area contributed by atoms with Crippen LogP contribution in [0.1, 0.15) is 25.1 Å². The van der Waals surface area contributed by atoms with Gasteiger partial charge >= 0.3 is 6.03 Å². The van der Waals surface area contributed by atoms with Crippen LogP contribution in [0.5, 0.6) is 0 Å². The number of halogens is 1. The number of carbonyl (C=O) groups excluding carboxylic acids is 3. The fourth-order valence-electron chi connectivity index (χ4n) is 3.61. The quantitative estimate of drug-likeness (QED) is 0.789. The Balaban J connectivity index is 1.55. The lowest BCUT2D eigenvalue weighted by Crippen LogP contribution is -2.45. The van der Waals surface area contributed by atoms with Crippen molar-refractivity contribution >= 4 is 40.3 Å². The molecule has 136 valence electrons. The number of aromatic nitrogens is 1. The summed E-state index contributed by atoms with van der Waals surface area (Å²) in [6, 6.07) is 5.16. The molecule has 0 unspecified atom stereocenters. The maximum atomic E-state index is 12.7. The van der Waals surface area contributed by atoms with Gasteiger partial charge in [-0.25, -0.2) is 4.79 Å². The van der Waals surface area contributed by atoms with Gasteiger partial charge in [0.25, 0.3) is 5.91 Å². The van der Waals surface area contributed by atoms with Gasteiger partial charge in [0.05, 0.1) is 10.5 Å². The number of imide groups is 1. The molecule has 2 N–H and O–H groups in total. The van der Waals surface area contributed by atoms with Crippen LogP contribution in [0, 0.1) is 0 Å². The molecule has 8 heteroatoms. The van der Waals surface area contributed by atoms with Crippen molar-refractivity contribution in [1.82, 2.24) is 20.1 Å². The van der Waals surface area contributed by atoms with Gasteiger partial charge in [-0.2, -0.15) is 0 Å². The molecule has 0 saturated carbocycles. The van der Waals surface area contributed by atoms with Gasteiger partial charge in [0.15, 0.2) is 0 Å². The predicted molar refractivity (Wildman–Crippen MR) is 96.8 cm³/mol. The molecule has 0 spiro atoms. The number of nitrogens with one attached hydrogen (secondary N) is 2. The van der Waals surface area contributed by atoms with Crippen molar-refractivity contribution in [2.45, 2.75) is 32.4 Å². The van der Waals surface area contributed by atoms with Crippen LogP contribution < -0.4 is 5.32 Å². The molecule has 2 aliphatic rings. The normalized spacial score (nSPS) is 19.0. The van der Waals surface area contributed by atoms with Gasteiger partial charge < -0.3 is 15.2 Å². The Morgan fingerprint density at radius 3 is 2.77 bits per heavy atom. The zero-order valence-corrected chi connectivity index (χ0v) is 15.3. The second kappa shape index (κ2) is 5.74. The number of H-pyrrole nitrogens is 1. The van der Waals surface area contributed by atoms with Gasteiger partial charge in [0.1, 0.15) is 12.1 Å². The molecule has 3 heterocycles. The second-order valence-corrected chi connectivity index (χ2v) is 7.66. The first-order valence-electron chi connectivity index (χ1n) is 8.48. The number of benzene rings is 1. The topological polar surface area (TPSA) is 85.5 Å². The summed E-state index contributed by atoms with van der Waals surface area (Å²) < 4.78 is 0. The lowest BCUT2D eigenvalue weighted by molar-refractivity contribution is -0.139. The van der Waals surface area contributed by atoms with Crippen LogP contribution in [0.25, 0.3) is 10.9 Å². The van der Waals surface area contributed by atoms with E-state index in [4.69, 9.17) is 11.6 Å². The molecule has 0 atom stereocenters. The molecular weight excluding hydrogens is 356 g/mol. The summed E-state index contributed by atoms with van der Waals surface area (Å²) in [4.78, 5) is 43.0. The number of nitrogens with zero attached hydrogens (tertiary/aromatic N) is 2. The summed E-state index contributed by atoms with van der Waals surface area (Å²) >= 11 is 6.25. The third-order valence-electron chi connectivity index (χ3n) is 5.05. The number of hydrogen-bond donors (Lipinski definition) is 2. The van der Waals surface area contributed by atoms with Gasteiger partial charge in [0, 0.05) is 36.2 Å². The molecule has 1 saturated heterocycles. The average molecular weight is 375 g/mol. The van der Waals surface area contributed by atoms with Crippen LogP contribution >= 0.6 is 11.6 Å². The van der Waals surface area contributed by atoms with E-state index in [1.54, 1.807) is 18.7 Å². The van der Waals surface area contributed by atoms with E-state index in [1.807, 2.05) is 18.2 Å². The number of carbonyl (C=O) groups is 3. The molecule has 2 aliphatic heterocycles. The Morgan fingerprint density at radius 1 is 1.31 bits per heavy atom. The molecule has 0 aliphatic carbocycles. The Kier molecular flexibility index (Phi) is 3.73. The van der Waals surface area contributed by atoms with Crippen molar-refractivity contribution in [1.29, 1.82) is 0 Å². The Morgan fingerprint density at radius 2 is 2.08 bits per heavy atom. The minimum absolute atomic E-state index is 0.242. The van der Waals surface area contributed by atoms with E-state index in [2.05, 4.69) is 10.3 Å². The first-order chi connectivity index (χ1) is 12.3. The number of para-hydroxylation sites is 1. The molecule has 7 nitrogen and oxygen atoms in total. The third-order valence-corrected chi connectivity index (χ3v) is 5.37. The van der Waals surface area contributed by atoms with Crippen LogP contribution in [-0.2, 0) is 22.6 Å². The van der Waals surface area contributed by atoms with E-state index in [0.29, 0.717) is 24.5 Å². The molecular formula is C18H19ClN4O3. The molecule has 1 fully saturated rings. The smallest absolute Gasteiger partial charge is 0.325 e. The molecule has 4 amide bonds. The Hall–Kier alpha value is -2.54. The highest BCUT2D eigenvalue weighted by molar-refractivity contribution is 6.35. The largest absolute Gasteiger partial charge is 0.357 e. The SMILES string of the molecule is CC1(C)NC(=O)N(CC(=O)N2CCc3[nH]c4c(Cl)cccc4c3C2)C1=O. The summed E-state index contributed by atoms with van der Waals surface area (Å²) in [6.45, 7) is 3.97. The van der Waals surface area contributed by atoms with Gasteiger partial charge in [0.2, 0.25) is 5.91 Å². The lowest BCUT2D eigenvalue weighted by atomic mass is 10.0. The fourth-order valence-corrected chi connectivity index (χ4v) is 3.83. The van der Waals surface area contributed by atoms with E-state index < -0.39 is 11.6 Å². The second-order valence-electron chi connectivity index (χ2n) is 7.26. The number of aromatic amines is 1. The van der Waals surface area contributed by atoms with Crippen molar-refractivity contribution in [2.75, 3.05) is 13.1 Å². The van der Waals surface area contributed by atoms with Gasteiger partial charge in [-0.1, -0.05) is 23.7 Å². The third kappa shape index (κ3) is 2.54. The van der Waals surface area contributed by atoms with Gasteiger partial charge in [-0.15, -0.1) is 0 Å². The number of fused-ring (bicyclic) bond motifs is 3. The number of hydrogen-bond acceptors (Lipinski definition) is 3. The highest BCUT2D eigenvalue weighted by Gasteiger charge is 2.45. The van der Waals surface area contributed by atoms with Crippen molar-refractivity contribution < 1.29 is 14.4 Å². The first kappa shape index (κ1) is 16.9. The number of rotatable bonds is 2. The van der Waals surface area contributed by atoms with Crippen LogP contribution in [0.4, 0.5) is 4.79 Å². The molecule has 0 radical (unpaired) electrons. The summed E-state index contributed by atoms with van der Waals surface area (Å²) in [5.41, 5.74) is 2.03. The molecule has 1 aromatic heterocycles. The molecule has 4 rings (SSSR count). The van der Waals surface area contributed by atoms with Crippen molar-refractivity contribution in [3.8, 4) is 0 Å². The highest BCUT2D eigenvalue weighted by atomic mass is 35.5.